The Morgan fingerprint density at radius 1 is 1.33 bits per heavy atom. The highest BCUT2D eigenvalue weighted by molar-refractivity contribution is 5.95. The molecule has 0 bridgehead atoms. The zero-order valence-electron chi connectivity index (χ0n) is 12.0. The molecule has 0 atom stereocenters. The van der Waals surface area contributed by atoms with Gasteiger partial charge in [0.2, 0.25) is 0 Å². The van der Waals surface area contributed by atoms with E-state index >= 15 is 0 Å². The van der Waals surface area contributed by atoms with E-state index in [1.165, 1.54) is 0 Å². The summed E-state index contributed by atoms with van der Waals surface area (Å²) in [6, 6.07) is 1.89. The van der Waals surface area contributed by atoms with Crippen LogP contribution in [-0.2, 0) is 12.1 Å². The molecule has 0 amide bonds. The van der Waals surface area contributed by atoms with Gasteiger partial charge >= 0.3 is 0 Å². The monoisotopic (exact) mass is 286 g/mol. The topological polar surface area (TPSA) is 87.0 Å². The lowest BCUT2D eigenvalue weighted by Gasteiger charge is -2.16. The van der Waals surface area contributed by atoms with Crippen molar-refractivity contribution in [1.82, 2.24) is 19.7 Å². The van der Waals surface area contributed by atoms with Crippen molar-refractivity contribution in [3.63, 3.8) is 0 Å². The highest BCUT2D eigenvalue weighted by Crippen LogP contribution is 2.32. The van der Waals surface area contributed by atoms with E-state index in [2.05, 4.69) is 15.2 Å². The molecule has 0 aliphatic carbocycles. The minimum absolute atomic E-state index is 0.0574. The Labute approximate surface area is 122 Å². The van der Waals surface area contributed by atoms with Crippen molar-refractivity contribution in [2.45, 2.75) is 26.0 Å². The molecule has 3 aromatic rings. The lowest BCUT2D eigenvalue weighted by atomic mass is 10.0. The minimum Gasteiger partial charge on any atom is -0.395 e. The molecular formula is C15H18N4O2. The minimum atomic E-state index is -0.999. The van der Waals surface area contributed by atoms with Gasteiger partial charge in [0.1, 0.15) is 5.60 Å². The van der Waals surface area contributed by atoms with E-state index < -0.39 is 5.60 Å². The van der Waals surface area contributed by atoms with Crippen LogP contribution >= 0.6 is 0 Å². The summed E-state index contributed by atoms with van der Waals surface area (Å²) in [6.45, 7) is 3.98. The van der Waals surface area contributed by atoms with Gasteiger partial charge in [0.05, 0.1) is 30.2 Å². The van der Waals surface area contributed by atoms with Crippen LogP contribution in [0.1, 0.15) is 19.5 Å². The van der Waals surface area contributed by atoms with Gasteiger partial charge in [0.15, 0.2) is 0 Å². The Morgan fingerprint density at radius 3 is 2.76 bits per heavy atom. The summed E-state index contributed by atoms with van der Waals surface area (Å²) >= 11 is 0. The molecule has 0 aliphatic rings. The molecule has 3 rings (SSSR count). The lowest BCUT2D eigenvalue weighted by Crippen LogP contribution is -2.17. The Kier molecular flexibility index (Phi) is 3.27. The van der Waals surface area contributed by atoms with Gasteiger partial charge in [-0.05, 0) is 19.9 Å². The van der Waals surface area contributed by atoms with Gasteiger partial charge in [-0.25, -0.2) is 0 Å². The van der Waals surface area contributed by atoms with Crippen molar-refractivity contribution >= 4 is 10.9 Å². The maximum atomic E-state index is 10.2. The number of pyridine rings is 1. The Balaban J connectivity index is 2.25. The van der Waals surface area contributed by atoms with Crippen LogP contribution in [0.5, 0.6) is 0 Å². The fraction of sp³-hybridized carbons (Fsp3) is 0.333. The first-order valence-electron chi connectivity index (χ1n) is 6.82. The lowest BCUT2D eigenvalue weighted by molar-refractivity contribution is 0.0740. The summed E-state index contributed by atoms with van der Waals surface area (Å²) in [6.07, 6.45) is 7.29. The van der Waals surface area contributed by atoms with Crippen LogP contribution in [0, 0.1) is 0 Å². The smallest absolute Gasteiger partial charge is 0.101 e. The van der Waals surface area contributed by atoms with Gasteiger partial charge in [-0.1, -0.05) is 0 Å². The van der Waals surface area contributed by atoms with Crippen molar-refractivity contribution in [3.05, 3.63) is 36.5 Å². The second-order valence-electron chi connectivity index (χ2n) is 5.59. The van der Waals surface area contributed by atoms with E-state index in [9.17, 15) is 10.2 Å². The second-order valence-corrected chi connectivity index (χ2v) is 5.59. The predicted molar refractivity (Wildman–Crippen MR) is 79.6 cm³/mol. The third-order valence-corrected chi connectivity index (χ3v) is 3.54. The van der Waals surface area contributed by atoms with Crippen molar-refractivity contribution in [2.24, 2.45) is 0 Å². The largest absolute Gasteiger partial charge is 0.395 e. The molecular weight excluding hydrogens is 268 g/mol. The van der Waals surface area contributed by atoms with E-state index in [-0.39, 0.29) is 6.61 Å². The number of fused-ring (bicyclic) bond motifs is 1. The molecule has 6 heteroatoms. The van der Waals surface area contributed by atoms with Crippen LogP contribution in [0.2, 0.25) is 0 Å². The number of aromatic amines is 1. The average Bonchev–Trinajstić information content (AvgIpc) is 3.05. The number of nitrogens with one attached hydrogen (secondary N) is 1. The van der Waals surface area contributed by atoms with E-state index in [0.29, 0.717) is 12.2 Å². The van der Waals surface area contributed by atoms with Gasteiger partial charge < -0.3 is 14.8 Å². The van der Waals surface area contributed by atoms with Crippen molar-refractivity contribution < 1.29 is 10.2 Å². The third-order valence-electron chi connectivity index (χ3n) is 3.54. The van der Waals surface area contributed by atoms with Gasteiger partial charge in [-0.2, -0.15) is 5.10 Å². The van der Waals surface area contributed by atoms with Crippen molar-refractivity contribution in [2.75, 3.05) is 6.61 Å². The van der Waals surface area contributed by atoms with Gasteiger partial charge in [0.25, 0.3) is 0 Å². The molecule has 0 radical (unpaired) electrons. The number of nitrogens with zero attached hydrogens (tertiary/aromatic N) is 3. The van der Waals surface area contributed by atoms with Crippen LogP contribution in [-0.4, -0.2) is 36.6 Å². The summed E-state index contributed by atoms with van der Waals surface area (Å²) in [7, 11) is 0. The summed E-state index contributed by atoms with van der Waals surface area (Å²) in [5.41, 5.74) is 2.50. The normalized spacial score (nSPS) is 12.2. The molecule has 3 heterocycles. The predicted octanol–water partition coefficient (Wildman–Crippen LogP) is 1.65. The Morgan fingerprint density at radius 2 is 2.14 bits per heavy atom. The number of aliphatic hydroxyl groups excluding tert-OH is 1. The molecule has 0 spiro atoms. The van der Waals surface area contributed by atoms with E-state index in [4.69, 9.17) is 0 Å². The van der Waals surface area contributed by atoms with Crippen LogP contribution in [0.4, 0.5) is 0 Å². The van der Waals surface area contributed by atoms with Crippen molar-refractivity contribution in [1.29, 1.82) is 0 Å². The summed E-state index contributed by atoms with van der Waals surface area (Å²) in [5, 5.41) is 27.1. The van der Waals surface area contributed by atoms with Gasteiger partial charge in [-0.3, -0.25) is 10.1 Å². The fourth-order valence-corrected chi connectivity index (χ4v) is 2.44. The Hall–Kier alpha value is -2.18. The summed E-state index contributed by atoms with van der Waals surface area (Å²) in [4.78, 5) is 4.34. The molecule has 110 valence electrons. The van der Waals surface area contributed by atoms with Crippen LogP contribution < -0.4 is 0 Å². The van der Waals surface area contributed by atoms with E-state index in [1.54, 1.807) is 26.2 Å². The molecule has 3 aromatic heterocycles. The number of aromatic nitrogens is 4. The van der Waals surface area contributed by atoms with Gasteiger partial charge in [0, 0.05) is 35.5 Å². The van der Waals surface area contributed by atoms with Crippen LogP contribution in [0.15, 0.2) is 30.9 Å². The molecule has 0 unspecified atom stereocenters. The number of hydrogen-bond acceptors (Lipinski definition) is 4. The Bertz CT molecular complexity index is 754. The molecule has 0 aliphatic heterocycles. The second kappa shape index (κ2) is 4.98. The zero-order chi connectivity index (χ0) is 15.0. The highest BCUT2D eigenvalue weighted by atomic mass is 16.3. The maximum absolute atomic E-state index is 10.2. The molecule has 0 aromatic carbocycles. The van der Waals surface area contributed by atoms with E-state index in [0.717, 1.165) is 22.0 Å². The third kappa shape index (κ3) is 2.43. The fourth-order valence-electron chi connectivity index (χ4n) is 2.44. The molecule has 0 saturated heterocycles. The molecule has 3 N–H and O–H groups in total. The number of hydrogen-bond donors (Lipinski definition) is 3. The number of rotatable bonds is 4. The maximum Gasteiger partial charge on any atom is 0.101 e. The molecule has 6 nitrogen and oxygen atoms in total. The quantitative estimate of drug-likeness (QED) is 0.680. The first-order chi connectivity index (χ1) is 10.0. The first kappa shape index (κ1) is 13.8. The SMILES string of the molecule is CC(C)(O)c1cc2c(-c3cn[nH]c3)cn(CCO)c2cn1. The standard InChI is InChI=1S/C15H18N4O2/c1-15(2,21)14-5-11-12(10-6-17-18-7-10)9-19(3-4-20)13(11)8-16-14/h5-9,20-21H,3-4H2,1-2H3,(H,17,18). The summed E-state index contributed by atoms with van der Waals surface area (Å²) < 4.78 is 1.96. The van der Waals surface area contributed by atoms with Crippen molar-refractivity contribution in [3.8, 4) is 11.1 Å². The highest BCUT2D eigenvalue weighted by Gasteiger charge is 2.20. The van der Waals surface area contributed by atoms with Gasteiger partial charge in [-0.15, -0.1) is 0 Å². The summed E-state index contributed by atoms with van der Waals surface area (Å²) in [5.74, 6) is 0. The van der Waals surface area contributed by atoms with E-state index in [1.807, 2.05) is 23.0 Å². The zero-order valence-corrected chi connectivity index (χ0v) is 12.0. The molecule has 0 saturated carbocycles. The number of H-pyrrole nitrogens is 1. The first-order valence-corrected chi connectivity index (χ1v) is 6.82. The molecule has 0 fully saturated rings. The average molecular weight is 286 g/mol. The number of aliphatic hydroxyl groups is 2. The molecule has 21 heavy (non-hydrogen) atoms. The van der Waals surface area contributed by atoms with Crippen LogP contribution in [0.3, 0.4) is 0 Å². The van der Waals surface area contributed by atoms with Crippen LogP contribution in [0.25, 0.3) is 22.0 Å².